The zero-order valence-electron chi connectivity index (χ0n) is 16.9. The molecule has 29 heavy (non-hydrogen) atoms. The predicted octanol–water partition coefficient (Wildman–Crippen LogP) is 6.18. The Kier molecular flexibility index (Phi) is 3.16. The normalized spacial score (nSPS) is 12.4. The molecule has 4 heteroatoms. The van der Waals surface area contributed by atoms with E-state index in [1.807, 2.05) is 11.3 Å². The van der Waals surface area contributed by atoms with Gasteiger partial charge in [0.15, 0.2) is 6.20 Å². The number of aromatic nitrogens is 2. The van der Waals surface area contributed by atoms with E-state index >= 15 is 0 Å². The van der Waals surface area contributed by atoms with Crippen LogP contribution in [0.2, 0.25) is 0 Å². The highest BCUT2D eigenvalue weighted by Gasteiger charge is 2.28. The average Bonchev–Trinajstić information content (AvgIpc) is 3.25. The molecule has 0 atom stereocenters. The number of rotatable bonds is 1. The Morgan fingerprint density at radius 2 is 1.86 bits per heavy atom. The molecule has 4 heterocycles. The summed E-state index contributed by atoms with van der Waals surface area (Å²) in [7, 11) is 2.13. The van der Waals surface area contributed by atoms with Gasteiger partial charge in [0.25, 0.3) is 0 Å². The van der Waals surface area contributed by atoms with Crippen molar-refractivity contribution in [3.8, 4) is 6.07 Å². The Balaban J connectivity index is 2.15. The molecule has 140 valence electrons. The summed E-state index contributed by atoms with van der Waals surface area (Å²) in [6.07, 6.45) is 2.17. The highest BCUT2D eigenvalue weighted by atomic mass is 32.1. The first-order chi connectivity index (χ1) is 14.0. The molecule has 0 unspecified atom stereocenters. The van der Waals surface area contributed by atoms with Crippen molar-refractivity contribution in [3.63, 3.8) is 0 Å². The first kappa shape index (κ1) is 16.8. The molecule has 0 bridgehead atoms. The SMILES string of the molecule is Cc1cc(C#N)c2c3ccccc3n3c4c(C(C)C)sc5cc[n+](C)c(c1c23)c54. The summed E-state index contributed by atoms with van der Waals surface area (Å²) >= 11 is 1.90. The number of fused-ring (bicyclic) bond motifs is 5. The molecule has 0 N–H and O–H groups in total. The summed E-state index contributed by atoms with van der Waals surface area (Å²) in [5.74, 6) is 0.429. The van der Waals surface area contributed by atoms with Gasteiger partial charge in [0, 0.05) is 26.4 Å². The van der Waals surface area contributed by atoms with Gasteiger partial charge in [-0.15, -0.1) is 11.3 Å². The molecule has 4 aromatic heterocycles. The van der Waals surface area contributed by atoms with Gasteiger partial charge in [0.1, 0.15) is 7.05 Å². The van der Waals surface area contributed by atoms with E-state index in [0.717, 1.165) is 21.9 Å². The molecular formula is C25H20N3S+. The summed E-state index contributed by atoms with van der Waals surface area (Å²) < 4.78 is 6.02. The number of hydrogen-bond donors (Lipinski definition) is 0. The highest BCUT2D eigenvalue weighted by Crippen LogP contribution is 2.46. The fourth-order valence-electron chi connectivity index (χ4n) is 5.07. The number of nitrogens with zero attached hydrogens (tertiary/aromatic N) is 3. The summed E-state index contributed by atoms with van der Waals surface area (Å²) in [6, 6.07) is 15.3. The largest absolute Gasteiger partial charge is 0.306 e. The lowest BCUT2D eigenvalue weighted by molar-refractivity contribution is -0.643. The van der Waals surface area contributed by atoms with E-state index in [9.17, 15) is 5.26 Å². The average molecular weight is 395 g/mol. The van der Waals surface area contributed by atoms with Crippen LogP contribution in [-0.4, -0.2) is 4.40 Å². The number of para-hydroxylation sites is 1. The van der Waals surface area contributed by atoms with Crippen molar-refractivity contribution in [2.75, 3.05) is 0 Å². The molecule has 0 saturated carbocycles. The van der Waals surface area contributed by atoms with E-state index in [0.29, 0.717) is 5.92 Å². The molecule has 2 aromatic carbocycles. The van der Waals surface area contributed by atoms with Crippen LogP contribution in [0.5, 0.6) is 0 Å². The van der Waals surface area contributed by atoms with Gasteiger partial charge >= 0.3 is 0 Å². The molecule has 6 aromatic rings. The summed E-state index contributed by atoms with van der Waals surface area (Å²) in [5, 5.41) is 14.8. The first-order valence-corrected chi connectivity index (χ1v) is 10.8. The fraction of sp³-hybridized carbons (Fsp3) is 0.200. The van der Waals surface area contributed by atoms with Crippen LogP contribution in [0.4, 0.5) is 0 Å². The van der Waals surface area contributed by atoms with Gasteiger partial charge in [-0.05, 0) is 30.5 Å². The lowest BCUT2D eigenvalue weighted by Crippen LogP contribution is -2.28. The van der Waals surface area contributed by atoms with Crippen molar-refractivity contribution in [1.82, 2.24) is 4.40 Å². The molecule has 0 aliphatic heterocycles. The van der Waals surface area contributed by atoms with Crippen LogP contribution in [0, 0.1) is 18.3 Å². The number of thiophene rings is 1. The van der Waals surface area contributed by atoms with Crippen LogP contribution < -0.4 is 4.57 Å². The van der Waals surface area contributed by atoms with Crippen LogP contribution in [0.25, 0.3) is 48.3 Å². The summed E-state index contributed by atoms with van der Waals surface area (Å²) in [4.78, 5) is 1.40. The third-order valence-electron chi connectivity index (χ3n) is 6.22. The summed E-state index contributed by atoms with van der Waals surface area (Å²) in [5.41, 5.74) is 6.85. The van der Waals surface area contributed by atoms with Crippen LogP contribution in [-0.2, 0) is 7.05 Å². The van der Waals surface area contributed by atoms with E-state index in [-0.39, 0.29) is 0 Å². The molecule has 0 fully saturated rings. The Labute approximate surface area is 172 Å². The molecule has 0 spiro atoms. The lowest BCUT2D eigenvalue weighted by atomic mass is 9.97. The van der Waals surface area contributed by atoms with Crippen molar-refractivity contribution in [2.24, 2.45) is 7.05 Å². The second-order valence-electron chi connectivity index (χ2n) is 8.29. The Morgan fingerprint density at radius 1 is 1.07 bits per heavy atom. The molecule has 0 amide bonds. The highest BCUT2D eigenvalue weighted by molar-refractivity contribution is 7.20. The van der Waals surface area contributed by atoms with Crippen molar-refractivity contribution in [2.45, 2.75) is 26.7 Å². The van der Waals surface area contributed by atoms with Gasteiger partial charge in [-0.3, -0.25) is 0 Å². The molecular weight excluding hydrogens is 374 g/mol. The molecule has 3 nitrogen and oxygen atoms in total. The zero-order valence-corrected chi connectivity index (χ0v) is 17.7. The van der Waals surface area contributed by atoms with Gasteiger partial charge in [-0.2, -0.15) is 5.26 Å². The number of hydrogen-bond acceptors (Lipinski definition) is 2. The molecule has 0 aliphatic carbocycles. The van der Waals surface area contributed by atoms with Crippen molar-refractivity contribution in [3.05, 3.63) is 58.6 Å². The van der Waals surface area contributed by atoms with Gasteiger partial charge in [0.05, 0.1) is 39.0 Å². The fourth-order valence-corrected chi connectivity index (χ4v) is 6.25. The topological polar surface area (TPSA) is 32.1 Å². The maximum Gasteiger partial charge on any atom is 0.225 e. The number of aryl methyl sites for hydroxylation is 2. The van der Waals surface area contributed by atoms with Gasteiger partial charge in [0.2, 0.25) is 5.52 Å². The molecule has 0 saturated heterocycles. The van der Waals surface area contributed by atoms with Gasteiger partial charge in [-0.25, -0.2) is 4.57 Å². The lowest BCUT2D eigenvalue weighted by Gasteiger charge is -2.12. The van der Waals surface area contributed by atoms with Crippen LogP contribution in [0.15, 0.2) is 42.6 Å². The Morgan fingerprint density at radius 3 is 2.62 bits per heavy atom. The van der Waals surface area contributed by atoms with Crippen LogP contribution in [0.1, 0.15) is 35.8 Å². The van der Waals surface area contributed by atoms with Crippen molar-refractivity contribution in [1.29, 1.82) is 5.26 Å². The standard InChI is InChI=1S/C25H20N3S/c1-13(2)25-24-21-18(29-25)9-10-27(4)22(21)19-14(3)11-15(12-26)20-16-7-5-6-8-17(16)28(24)23(19)20/h5-11,13H,1-4H3/q+1. The van der Waals surface area contributed by atoms with Gasteiger partial charge < -0.3 is 4.40 Å². The van der Waals surface area contributed by atoms with Gasteiger partial charge in [-0.1, -0.05) is 32.0 Å². The minimum Gasteiger partial charge on any atom is -0.306 e. The Bertz CT molecular complexity index is 1660. The molecule has 0 radical (unpaired) electrons. The molecule has 6 rings (SSSR count). The third-order valence-corrected chi connectivity index (χ3v) is 7.66. The van der Waals surface area contributed by atoms with E-state index in [2.05, 4.69) is 85.5 Å². The van der Waals surface area contributed by atoms with Crippen molar-refractivity contribution < 1.29 is 4.57 Å². The number of benzene rings is 2. The van der Waals surface area contributed by atoms with Crippen LogP contribution in [0.3, 0.4) is 0 Å². The molecule has 0 aliphatic rings. The smallest absolute Gasteiger partial charge is 0.225 e. The maximum absolute atomic E-state index is 9.95. The van der Waals surface area contributed by atoms with E-state index in [4.69, 9.17) is 0 Å². The zero-order chi connectivity index (χ0) is 20.0. The second kappa shape index (κ2) is 5.46. The summed E-state index contributed by atoms with van der Waals surface area (Å²) in [6.45, 7) is 6.68. The van der Waals surface area contributed by atoms with E-state index in [1.165, 1.54) is 42.4 Å². The van der Waals surface area contributed by atoms with Crippen LogP contribution >= 0.6 is 11.3 Å². The van der Waals surface area contributed by atoms with E-state index in [1.54, 1.807) is 0 Å². The predicted molar refractivity (Wildman–Crippen MR) is 121 cm³/mol. The minimum absolute atomic E-state index is 0.429. The first-order valence-electron chi connectivity index (χ1n) is 9.95. The monoisotopic (exact) mass is 394 g/mol. The second-order valence-corrected chi connectivity index (χ2v) is 9.37. The number of pyridine rings is 2. The number of nitriles is 1. The minimum atomic E-state index is 0.429. The maximum atomic E-state index is 9.95. The van der Waals surface area contributed by atoms with Crippen molar-refractivity contribution >= 4 is 59.6 Å². The quantitative estimate of drug-likeness (QED) is 0.242. The van der Waals surface area contributed by atoms with E-state index < -0.39 is 0 Å². The third kappa shape index (κ3) is 1.89. The Hall–Kier alpha value is -3.16.